The molecule has 0 saturated carbocycles. The highest BCUT2D eigenvalue weighted by molar-refractivity contribution is 5.74. The minimum atomic E-state index is -0.756. The third-order valence-electron chi connectivity index (χ3n) is 2.60. The summed E-state index contributed by atoms with van der Waals surface area (Å²) in [6, 6.07) is -0.0237. The third kappa shape index (κ3) is 8.84. The normalized spacial score (nSPS) is 10.4. The van der Waals surface area contributed by atoms with Crippen LogP contribution in [0.2, 0.25) is 0 Å². The highest BCUT2D eigenvalue weighted by atomic mass is 16.4. The first-order valence-electron chi connectivity index (χ1n) is 6.72. The summed E-state index contributed by atoms with van der Waals surface area (Å²) in [5.74, 6) is -0.292. The average Bonchev–Trinajstić information content (AvgIpc) is 2.29. The van der Waals surface area contributed by atoms with E-state index in [9.17, 15) is 9.59 Å². The van der Waals surface area contributed by atoms with E-state index in [0.717, 1.165) is 19.4 Å². The molecule has 2 amide bonds. The van der Waals surface area contributed by atoms with E-state index in [0.29, 0.717) is 25.4 Å². The SMILES string of the molecule is CCN(CC(C)C)C(=O)NCCCCCC(=O)O. The van der Waals surface area contributed by atoms with Crippen molar-refractivity contribution >= 4 is 12.0 Å². The molecule has 0 aliphatic heterocycles. The van der Waals surface area contributed by atoms with Crippen LogP contribution in [0.15, 0.2) is 0 Å². The number of hydrogen-bond acceptors (Lipinski definition) is 2. The molecule has 5 nitrogen and oxygen atoms in total. The first-order valence-corrected chi connectivity index (χ1v) is 6.72. The lowest BCUT2D eigenvalue weighted by Crippen LogP contribution is -2.42. The molecule has 0 bridgehead atoms. The first kappa shape index (κ1) is 16.7. The van der Waals surface area contributed by atoms with Crippen molar-refractivity contribution in [3.63, 3.8) is 0 Å². The molecule has 5 heteroatoms. The molecule has 0 saturated heterocycles. The Balaban J connectivity index is 3.65. The maximum absolute atomic E-state index is 11.8. The Morgan fingerprint density at radius 3 is 2.39 bits per heavy atom. The van der Waals surface area contributed by atoms with Gasteiger partial charge in [-0.25, -0.2) is 4.79 Å². The zero-order chi connectivity index (χ0) is 14.0. The lowest BCUT2D eigenvalue weighted by molar-refractivity contribution is -0.137. The van der Waals surface area contributed by atoms with Crippen LogP contribution in [0.1, 0.15) is 46.5 Å². The van der Waals surface area contributed by atoms with Gasteiger partial charge < -0.3 is 15.3 Å². The summed E-state index contributed by atoms with van der Waals surface area (Å²) in [6.07, 6.45) is 2.55. The van der Waals surface area contributed by atoms with Crippen LogP contribution in [-0.4, -0.2) is 41.6 Å². The minimum absolute atomic E-state index is 0.0237. The van der Waals surface area contributed by atoms with E-state index in [-0.39, 0.29) is 12.5 Å². The Morgan fingerprint density at radius 1 is 1.22 bits per heavy atom. The van der Waals surface area contributed by atoms with Crippen LogP contribution in [0.5, 0.6) is 0 Å². The van der Waals surface area contributed by atoms with Crippen molar-refractivity contribution < 1.29 is 14.7 Å². The Bertz CT molecular complexity index is 255. The molecule has 0 atom stereocenters. The maximum atomic E-state index is 11.8. The molecule has 106 valence electrons. The van der Waals surface area contributed by atoms with Crippen molar-refractivity contribution in [1.29, 1.82) is 0 Å². The Kier molecular flexibility index (Phi) is 9.06. The second-order valence-electron chi connectivity index (χ2n) is 4.87. The van der Waals surface area contributed by atoms with Gasteiger partial charge in [-0.15, -0.1) is 0 Å². The van der Waals surface area contributed by atoms with Crippen LogP contribution >= 0.6 is 0 Å². The molecule has 0 fully saturated rings. The summed E-state index contributed by atoms with van der Waals surface area (Å²) in [5.41, 5.74) is 0. The zero-order valence-corrected chi connectivity index (χ0v) is 11.7. The van der Waals surface area contributed by atoms with Crippen LogP contribution in [0.3, 0.4) is 0 Å². The molecule has 0 radical (unpaired) electrons. The monoisotopic (exact) mass is 258 g/mol. The molecule has 0 spiro atoms. The van der Waals surface area contributed by atoms with Gasteiger partial charge in [0, 0.05) is 26.1 Å². The molecule has 0 aliphatic rings. The van der Waals surface area contributed by atoms with Crippen molar-refractivity contribution in [2.24, 2.45) is 5.92 Å². The van der Waals surface area contributed by atoms with Crippen LogP contribution in [-0.2, 0) is 4.79 Å². The third-order valence-corrected chi connectivity index (χ3v) is 2.60. The quantitative estimate of drug-likeness (QED) is 0.623. The lowest BCUT2D eigenvalue weighted by atomic mass is 10.2. The van der Waals surface area contributed by atoms with Gasteiger partial charge in [-0.1, -0.05) is 20.3 Å². The van der Waals surface area contributed by atoms with Crippen LogP contribution in [0.4, 0.5) is 4.79 Å². The summed E-state index contributed by atoms with van der Waals surface area (Å²) >= 11 is 0. The fourth-order valence-electron chi connectivity index (χ4n) is 1.68. The Morgan fingerprint density at radius 2 is 1.89 bits per heavy atom. The molecule has 0 aromatic rings. The van der Waals surface area contributed by atoms with Crippen molar-refractivity contribution in [2.45, 2.75) is 46.5 Å². The van der Waals surface area contributed by atoms with Gasteiger partial charge in [-0.3, -0.25) is 4.79 Å². The summed E-state index contributed by atoms with van der Waals surface area (Å²) in [6.45, 7) is 8.23. The molecule has 18 heavy (non-hydrogen) atoms. The molecule has 0 unspecified atom stereocenters. The predicted octanol–water partition coefficient (Wildman–Crippen LogP) is 2.32. The van der Waals surface area contributed by atoms with E-state index in [4.69, 9.17) is 5.11 Å². The number of aliphatic carboxylic acids is 1. The van der Waals surface area contributed by atoms with E-state index < -0.39 is 5.97 Å². The smallest absolute Gasteiger partial charge is 0.317 e. The van der Waals surface area contributed by atoms with Gasteiger partial charge in [-0.2, -0.15) is 0 Å². The highest BCUT2D eigenvalue weighted by Gasteiger charge is 2.11. The number of carbonyl (C=O) groups excluding carboxylic acids is 1. The number of nitrogens with zero attached hydrogens (tertiary/aromatic N) is 1. The largest absolute Gasteiger partial charge is 0.481 e. The molecule has 0 aromatic carbocycles. The first-order chi connectivity index (χ1) is 8.47. The molecular formula is C13H26N2O3. The number of hydrogen-bond donors (Lipinski definition) is 2. The average molecular weight is 258 g/mol. The molecule has 0 aliphatic carbocycles. The van der Waals surface area contributed by atoms with Gasteiger partial charge in [0.1, 0.15) is 0 Å². The summed E-state index contributed by atoms with van der Waals surface area (Å²) < 4.78 is 0. The molecular weight excluding hydrogens is 232 g/mol. The van der Waals surface area contributed by atoms with Gasteiger partial charge in [-0.05, 0) is 25.7 Å². The lowest BCUT2D eigenvalue weighted by Gasteiger charge is -2.23. The topological polar surface area (TPSA) is 69.6 Å². The second-order valence-corrected chi connectivity index (χ2v) is 4.87. The van der Waals surface area contributed by atoms with Crippen molar-refractivity contribution in [3.05, 3.63) is 0 Å². The Hall–Kier alpha value is -1.26. The second kappa shape index (κ2) is 9.74. The van der Waals surface area contributed by atoms with Gasteiger partial charge in [0.05, 0.1) is 0 Å². The molecule has 2 N–H and O–H groups in total. The Labute approximate surface area is 110 Å². The van der Waals surface area contributed by atoms with E-state index >= 15 is 0 Å². The van der Waals surface area contributed by atoms with Crippen molar-refractivity contribution in [1.82, 2.24) is 10.2 Å². The number of urea groups is 1. The van der Waals surface area contributed by atoms with Gasteiger partial charge in [0.25, 0.3) is 0 Å². The summed E-state index contributed by atoms with van der Waals surface area (Å²) in [5, 5.41) is 11.3. The number of rotatable bonds is 9. The number of carbonyl (C=O) groups is 2. The highest BCUT2D eigenvalue weighted by Crippen LogP contribution is 2.01. The van der Waals surface area contributed by atoms with E-state index in [1.54, 1.807) is 4.90 Å². The van der Waals surface area contributed by atoms with Gasteiger partial charge >= 0.3 is 12.0 Å². The fraction of sp³-hybridized carbons (Fsp3) is 0.846. The van der Waals surface area contributed by atoms with Gasteiger partial charge in [0.2, 0.25) is 0 Å². The number of nitrogens with one attached hydrogen (secondary N) is 1. The maximum Gasteiger partial charge on any atom is 0.317 e. The predicted molar refractivity (Wildman–Crippen MR) is 71.6 cm³/mol. The minimum Gasteiger partial charge on any atom is -0.481 e. The zero-order valence-electron chi connectivity index (χ0n) is 11.7. The molecule has 0 rings (SSSR count). The van der Waals surface area contributed by atoms with Crippen molar-refractivity contribution in [2.75, 3.05) is 19.6 Å². The number of unbranched alkanes of at least 4 members (excludes halogenated alkanes) is 2. The van der Waals surface area contributed by atoms with Crippen molar-refractivity contribution in [3.8, 4) is 0 Å². The summed E-state index contributed by atoms with van der Waals surface area (Å²) in [4.78, 5) is 23.9. The van der Waals surface area contributed by atoms with E-state index in [1.165, 1.54) is 0 Å². The number of carboxylic acid groups (broad SMARTS) is 1. The standard InChI is InChI=1S/C13H26N2O3/c1-4-15(10-11(2)3)13(18)14-9-7-5-6-8-12(16)17/h11H,4-10H2,1-3H3,(H,14,18)(H,16,17). The van der Waals surface area contributed by atoms with Crippen LogP contribution in [0.25, 0.3) is 0 Å². The molecule has 0 aromatic heterocycles. The number of carboxylic acids is 1. The van der Waals surface area contributed by atoms with Crippen LogP contribution < -0.4 is 5.32 Å². The number of amides is 2. The van der Waals surface area contributed by atoms with E-state index in [2.05, 4.69) is 19.2 Å². The molecule has 0 heterocycles. The van der Waals surface area contributed by atoms with Gasteiger partial charge in [0.15, 0.2) is 0 Å². The fourth-order valence-corrected chi connectivity index (χ4v) is 1.68. The van der Waals surface area contributed by atoms with E-state index in [1.807, 2.05) is 6.92 Å². The summed E-state index contributed by atoms with van der Waals surface area (Å²) in [7, 11) is 0. The van der Waals surface area contributed by atoms with Crippen LogP contribution in [0, 0.1) is 5.92 Å².